The fourth-order valence-electron chi connectivity index (χ4n) is 3.78. The molecule has 3 aromatic rings. The zero-order chi connectivity index (χ0) is 22.5. The molecular formula is C25H28N4O3. The standard InChI is InChI=1S/C25H28N4O3/c1-18-9-10-19(16-21(18)27-25(31)23-8-5-15-32-23)24(30)26-17-20-6-3-4-7-22(20)29-13-11-28(2)12-14-29/h3-10,15-16H,11-14,17H2,1-2H3,(H,26,30)(H,27,31). The van der Waals surface area contributed by atoms with Gasteiger partial charge in [-0.25, -0.2) is 0 Å². The molecule has 7 heteroatoms. The van der Waals surface area contributed by atoms with E-state index in [9.17, 15) is 9.59 Å². The number of carbonyl (C=O) groups excluding carboxylic acids is 2. The van der Waals surface area contributed by atoms with Gasteiger partial charge in [-0.1, -0.05) is 24.3 Å². The summed E-state index contributed by atoms with van der Waals surface area (Å²) in [5.41, 5.74) is 4.18. The molecule has 0 spiro atoms. The third-order valence-electron chi connectivity index (χ3n) is 5.77. The molecule has 0 atom stereocenters. The number of benzene rings is 2. The highest BCUT2D eigenvalue weighted by Crippen LogP contribution is 2.22. The molecule has 2 N–H and O–H groups in total. The second-order valence-corrected chi connectivity index (χ2v) is 8.06. The van der Waals surface area contributed by atoms with Crippen molar-refractivity contribution in [3.05, 3.63) is 83.3 Å². The van der Waals surface area contributed by atoms with E-state index < -0.39 is 0 Å². The first kappa shape index (κ1) is 21.6. The highest BCUT2D eigenvalue weighted by Gasteiger charge is 2.18. The first-order valence-corrected chi connectivity index (χ1v) is 10.8. The van der Waals surface area contributed by atoms with E-state index in [4.69, 9.17) is 4.42 Å². The SMILES string of the molecule is Cc1ccc(C(=O)NCc2ccccc2N2CCN(C)CC2)cc1NC(=O)c1ccco1. The fraction of sp³-hybridized carbons (Fsp3) is 0.280. The molecule has 32 heavy (non-hydrogen) atoms. The van der Waals surface area contributed by atoms with E-state index in [-0.39, 0.29) is 17.6 Å². The summed E-state index contributed by atoms with van der Waals surface area (Å²) in [5.74, 6) is -0.316. The Morgan fingerprint density at radius 3 is 2.50 bits per heavy atom. The maximum Gasteiger partial charge on any atom is 0.291 e. The molecule has 0 saturated carbocycles. The summed E-state index contributed by atoms with van der Waals surface area (Å²) in [6, 6.07) is 16.7. The van der Waals surface area contributed by atoms with Gasteiger partial charge in [0.25, 0.3) is 11.8 Å². The van der Waals surface area contributed by atoms with Crippen LogP contribution in [0.15, 0.2) is 65.3 Å². The molecule has 1 saturated heterocycles. The van der Waals surface area contributed by atoms with Crippen LogP contribution in [-0.2, 0) is 6.54 Å². The molecule has 1 aliphatic heterocycles. The van der Waals surface area contributed by atoms with Crippen LogP contribution in [0.25, 0.3) is 0 Å². The second kappa shape index (κ2) is 9.70. The van der Waals surface area contributed by atoms with Crippen LogP contribution in [0.3, 0.4) is 0 Å². The van der Waals surface area contributed by atoms with Gasteiger partial charge in [-0.2, -0.15) is 0 Å². The van der Waals surface area contributed by atoms with Crippen molar-refractivity contribution in [2.24, 2.45) is 0 Å². The van der Waals surface area contributed by atoms with Crippen LogP contribution in [0.5, 0.6) is 0 Å². The van der Waals surface area contributed by atoms with Gasteiger partial charge in [0.15, 0.2) is 5.76 Å². The van der Waals surface area contributed by atoms with Crippen LogP contribution in [0.1, 0.15) is 32.0 Å². The van der Waals surface area contributed by atoms with Crippen LogP contribution in [0.4, 0.5) is 11.4 Å². The number of nitrogens with zero attached hydrogens (tertiary/aromatic N) is 2. The molecule has 7 nitrogen and oxygen atoms in total. The van der Waals surface area contributed by atoms with Gasteiger partial charge in [-0.3, -0.25) is 9.59 Å². The van der Waals surface area contributed by atoms with Crippen molar-refractivity contribution in [3.63, 3.8) is 0 Å². The molecule has 0 aliphatic carbocycles. The number of aryl methyl sites for hydroxylation is 1. The third-order valence-corrected chi connectivity index (χ3v) is 5.77. The first-order valence-electron chi connectivity index (χ1n) is 10.8. The van der Waals surface area contributed by atoms with Gasteiger partial charge in [-0.05, 0) is 55.4 Å². The predicted octanol–water partition coefficient (Wildman–Crippen LogP) is 3.52. The van der Waals surface area contributed by atoms with Crippen molar-refractivity contribution in [2.45, 2.75) is 13.5 Å². The van der Waals surface area contributed by atoms with Crippen LogP contribution >= 0.6 is 0 Å². The number of amides is 2. The Hall–Kier alpha value is -3.58. The molecule has 0 radical (unpaired) electrons. The number of nitrogens with one attached hydrogen (secondary N) is 2. The number of anilines is 2. The van der Waals surface area contributed by atoms with Gasteiger partial charge in [-0.15, -0.1) is 0 Å². The smallest absolute Gasteiger partial charge is 0.291 e. The average Bonchev–Trinajstić information content (AvgIpc) is 3.35. The molecule has 1 aliphatic rings. The normalized spacial score (nSPS) is 14.2. The van der Waals surface area contributed by atoms with Gasteiger partial charge < -0.3 is 24.9 Å². The molecule has 0 bridgehead atoms. The lowest BCUT2D eigenvalue weighted by Gasteiger charge is -2.35. The summed E-state index contributed by atoms with van der Waals surface area (Å²) in [5, 5.41) is 5.84. The fourth-order valence-corrected chi connectivity index (χ4v) is 3.78. The maximum atomic E-state index is 12.9. The maximum absolute atomic E-state index is 12.9. The Morgan fingerprint density at radius 1 is 0.969 bits per heavy atom. The van der Waals surface area contributed by atoms with Crippen molar-refractivity contribution in [1.29, 1.82) is 0 Å². The monoisotopic (exact) mass is 432 g/mol. The van der Waals surface area contributed by atoms with E-state index >= 15 is 0 Å². The largest absolute Gasteiger partial charge is 0.459 e. The molecule has 2 heterocycles. The molecule has 4 rings (SSSR count). The Bertz CT molecular complexity index is 1090. The minimum atomic E-state index is -0.350. The lowest BCUT2D eigenvalue weighted by atomic mass is 10.1. The average molecular weight is 433 g/mol. The summed E-state index contributed by atoms with van der Waals surface area (Å²) in [6.07, 6.45) is 1.45. The zero-order valence-electron chi connectivity index (χ0n) is 18.4. The quantitative estimate of drug-likeness (QED) is 0.623. The van der Waals surface area contributed by atoms with Crippen LogP contribution < -0.4 is 15.5 Å². The van der Waals surface area contributed by atoms with Crippen molar-refractivity contribution < 1.29 is 14.0 Å². The lowest BCUT2D eigenvalue weighted by molar-refractivity contribution is 0.0949. The van der Waals surface area contributed by atoms with E-state index in [0.29, 0.717) is 17.8 Å². The molecular weight excluding hydrogens is 404 g/mol. The van der Waals surface area contributed by atoms with E-state index in [1.807, 2.05) is 25.1 Å². The third kappa shape index (κ3) is 5.00. The topological polar surface area (TPSA) is 77.8 Å². The summed E-state index contributed by atoms with van der Waals surface area (Å²) in [6.45, 7) is 6.30. The second-order valence-electron chi connectivity index (χ2n) is 8.06. The lowest BCUT2D eigenvalue weighted by Crippen LogP contribution is -2.45. The van der Waals surface area contributed by atoms with Gasteiger partial charge in [0, 0.05) is 49.7 Å². The number of carbonyl (C=O) groups is 2. The summed E-state index contributed by atoms with van der Waals surface area (Å²) >= 11 is 0. The molecule has 0 unspecified atom stereocenters. The number of hydrogen-bond acceptors (Lipinski definition) is 5. The highest BCUT2D eigenvalue weighted by molar-refractivity contribution is 6.03. The number of piperazine rings is 1. The van der Waals surface area contributed by atoms with E-state index in [1.54, 1.807) is 24.3 Å². The van der Waals surface area contributed by atoms with Crippen molar-refractivity contribution in [3.8, 4) is 0 Å². The summed E-state index contributed by atoms with van der Waals surface area (Å²) < 4.78 is 5.14. The minimum absolute atomic E-state index is 0.188. The molecule has 1 fully saturated rings. The first-order chi connectivity index (χ1) is 15.5. The Labute approximate surface area is 188 Å². The highest BCUT2D eigenvalue weighted by atomic mass is 16.3. The Kier molecular flexibility index (Phi) is 6.56. The number of para-hydroxylation sites is 1. The number of likely N-dealkylation sites (N-methyl/N-ethyl adjacent to an activating group) is 1. The zero-order valence-corrected chi connectivity index (χ0v) is 18.4. The van der Waals surface area contributed by atoms with Crippen molar-refractivity contribution in [2.75, 3.05) is 43.4 Å². The molecule has 1 aromatic heterocycles. The molecule has 2 amide bonds. The van der Waals surface area contributed by atoms with E-state index in [1.165, 1.54) is 6.26 Å². The van der Waals surface area contributed by atoms with Crippen LogP contribution in [0.2, 0.25) is 0 Å². The van der Waals surface area contributed by atoms with Crippen molar-refractivity contribution in [1.82, 2.24) is 10.2 Å². The number of hydrogen-bond donors (Lipinski definition) is 2. The van der Waals surface area contributed by atoms with Gasteiger partial charge in [0.2, 0.25) is 0 Å². The Morgan fingerprint density at radius 2 is 1.75 bits per heavy atom. The van der Waals surface area contributed by atoms with Gasteiger partial charge in [0.05, 0.1) is 6.26 Å². The minimum Gasteiger partial charge on any atom is -0.459 e. The molecule has 2 aromatic carbocycles. The van der Waals surface area contributed by atoms with Gasteiger partial charge in [0.1, 0.15) is 0 Å². The van der Waals surface area contributed by atoms with E-state index in [2.05, 4.69) is 39.6 Å². The summed E-state index contributed by atoms with van der Waals surface area (Å²) in [7, 11) is 2.14. The predicted molar refractivity (Wildman–Crippen MR) is 125 cm³/mol. The van der Waals surface area contributed by atoms with Crippen LogP contribution in [-0.4, -0.2) is 49.9 Å². The van der Waals surface area contributed by atoms with Gasteiger partial charge >= 0.3 is 0 Å². The van der Waals surface area contributed by atoms with Crippen LogP contribution in [0, 0.1) is 6.92 Å². The Balaban J connectivity index is 1.43. The summed E-state index contributed by atoms with van der Waals surface area (Å²) in [4.78, 5) is 29.9. The van der Waals surface area contributed by atoms with Crippen molar-refractivity contribution >= 4 is 23.2 Å². The number of rotatable bonds is 6. The number of furan rings is 1. The molecule has 166 valence electrons. The van der Waals surface area contributed by atoms with E-state index in [0.717, 1.165) is 43.0 Å².